The zero-order valence-electron chi connectivity index (χ0n) is 10.6. The molecule has 0 atom stereocenters. The monoisotopic (exact) mass is 266 g/mol. The second-order valence-electron chi connectivity index (χ2n) is 4.28. The lowest BCUT2D eigenvalue weighted by Gasteiger charge is -2.11. The van der Waals surface area contributed by atoms with E-state index in [0.717, 1.165) is 10.4 Å². The molecule has 18 heavy (non-hydrogen) atoms. The summed E-state index contributed by atoms with van der Waals surface area (Å²) in [4.78, 5) is 2.92. The summed E-state index contributed by atoms with van der Waals surface area (Å²) in [6.07, 6.45) is 0. The molecule has 0 aliphatic heterocycles. The lowest BCUT2D eigenvalue weighted by Crippen LogP contribution is -2.11. The van der Waals surface area contributed by atoms with Gasteiger partial charge in [-0.1, -0.05) is 6.07 Å². The molecule has 2 rings (SSSR count). The standard InChI is InChI=1S/C13H15FN2OS/c1-16(2)8-10-6-9(4-5-11(10)14)12-7-13(17-3)15-18-12/h4-7H,8H2,1-3H3. The zero-order valence-corrected chi connectivity index (χ0v) is 11.4. The van der Waals surface area contributed by atoms with Gasteiger partial charge in [0.15, 0.2) is 0 Å². The largest absolute Gasteiger partial charge is 0.480 e. The van der Waals surface area contributed by atoms with E-state index in [0.29, 0.717) is 18.0 Å². The van der Waals surface area contributed by atoms with E-state index in [4.69, 9.17) is 4.74 Å². The maximum absolute atomic E-state index is 13.7. The Kier molecular flexibility index (Phi) is 3.93. The molecule has 1 aromatic carbocycles. The molecule has 5 heteroatoms. The van der Waals surface area contributed by atoms with E-state index in [1.807, 2.05) is 31.1 Å². The number of aromatic nitrogens is 1. The van der Waals surface area contributed by atoms with E-state index in [1.54, 1.807) is 13.2 Å². The molecule has 3 nitrogen and oxygen atoms in total. The molecule has 0 aliphatic rings. The minimum atomic E-state index is -0.177. The van der Waals surface area contributed by atoms with Crippen LogP contribution in [0.1, 0.15) is 5.56 Å². The van der Waals surface area contributed by atoms with Crippen molar-refractivity contribution in [3.05, 3.63) is 35.6 Å². The van der Waals surface area contributed by atoms with Crippen LogP contribution in [0.2, 0.25) is 0 Å². The van der Waals surface area contributed by atoms with Crippen LogP contribution in [0.4, 0.5) is 4.39 Å². The van der Waals surface area contributed by atoms with E-state index < -0.39 is 0 Å². The highest BCUT2D eigenvalue weighted by atomic mass is 32.1. The van der Waals surface area contributed by atoms with Gasteiger partial charge in [-0.3, -0.25) is 0 Å². The average Bonchev–Trinajstić information content (AvgIpc) is 2.80. The molecule has 2 aromatic rings. The van der Waals surface area contributed by atoms with Crippen molar-refractivity contribution in [3.8, 4) is 16.3 Å². The Morgan fingerprint density at radius 1 is 1.33 bits per heavy atom. The van der Waals surface area contributed by atoms with Crippen LogP contribution >= 0.6 is 11.5 Å². The number of methoxy groups -OCH3 is 1. The lowest BCUT2D eigenvalue weighted by molar-refractivity contribution is 0.392. The van der Waals surface area contributed by atoms with Crippen LogP contribution in [0.25, 0.3) is 10.4 Å². The summed E-state index contributed by atoms with van der Waals surface area (Å²) in [5.74, 6) is 0.414. The minimum absolute atomic E-state index is 0.177. The Bertz CT molecular complexity index is 540. The van der Waals surface area contributed by atoms with Crippen LogP contribution in [0.3, 0.4) is 0 Å². The zero-order chi connectivity index (χ0) is 13.1. The van der Waals surface area contributed by atoms with Crippen molar-refractivity contribution in [2.45, 2.75) is 6.54 Å². The van der Waals surface area contributed by atoms with Gasteiger partial charge in [-0.05, 0) is 43.3 Å². The molecule has 0 fully saturated rings. The highest BCUT2D eigenvalue weighted by Crippen LogP contribution is 2.29. The van der Waals surface area contributed by atoms with Crippen molar-refractivity contribution in [2.75, 3.05) is 21.2 Å². The van der Waals surface area contributed by atoms with Crippen LogP contribution in [-0.2, 0) is 6.54 Å². The molecule has 0 unspecified atom stereocenters. The average molecular weight is 266 g/mol. The first-order chi connectivity index (χ1) is 8.60. The highest BCUT2D eigenvalue weighted by molar-refractivity contribution is 7.09. The van der Waals surface area contributed by atoms with Crippen molar-refractivity contribution in [2.24, 2.45) is 0 Å². The summed E-state index contributed by atoms with van der Waals surface area (Å²) >= 11 is 1.35. The Labute approximate surface area is 110 Å². The first-order valence-electron chi connectivity index (χ1n) is 5.54. The number of nitrogens with zero attached hydrogens (tertiary/aromatic N) is 2. The Morgan fingerprint density at radius 2 is 2.11 bits per heavy atom. The predicted octanol–water partition coefficient (Wildman–Crippen LogP) is 3.02. The molecule has 1 aromatic heterocycles. The van der Waals surface area contributed by atoms with E-state index in [1.165, 1.54) is 17.6 Å². The van der Waals surface area contributed by atoms with Crippen LogP contribution in [-0.4, -0.2) is 30.5 Å². The SMILES string of the molecule is COc1cc(-c2ccc(F)c(CN(C)C)c2)sn1. The fraction of sp³-hybridized carbons (Fsp3) is 0.308. The van der Waals surface area contributed by atoms with Gasteiger partial charge in [0.25, 0.3) is 0 Å². The normalized spacial score (nSPS) is 10.9. The molecule has 0 saturated heterocycles. The van der Waals surface area contributed by atoms with E-state index >= 15 is 0 Å². The molecular weight excluding hydrogens is 251 g/mol. The summed E-state index contributed by atoms with van der Waals surface area (Å²) in [5, 5.41) is 0. The Balaban J connectivity index is 2.33. The number of rotatable bonds is 4. The number of ether oxygens (including phenoxy) is 1. The third kappa shape index (κ3) is 2.86. The van der Waals surface area contributed by atoms with Gasteiger partial charge in [0, 0.05) is 18.2 Å². The lowest BCUT2D eigenvalue weighted by atomic mass is 10.1. The first-order valence-corrected chi connectivity index (χ1v) is 6.31. The van der Waals surface area contributed by atoms with E-state index in [-0.39, 0.29) is 5.82 Å². The highest BCUT2D eigenvalue weighted by Gasteiger charge is 2.09. The van der Waals surface area contributed by atoms with Gasteiger partial charge in [-0.15, -0.1) is 0 Å². The molecule has 0 saturated carbocycles. The van der Waals surface area contributed by atoms with Crippen molar-refractivity contribution in [1.29, 1.82) is 0 Å². The molecule has 0 bridgehead atoms. The van der Waals surface area contributed by atoms with Crippen molar-refractivity contribution in [1.82, 2.24) is 9.27 Å². The maximum Gasteiger partial charge on any atom is 0.225 e. The summed E-state index contributed by atoms with van der Waals surface area (Å²) in [5.41, 5.74) is 1.65. The predicted molar refractivity (Wildman–Crippen MR) is 71.5 cm³/mol. The molecule has 0 spiro atoms. The third-order valence-corrected chi connectivity index (χ3v) is 3.34. The Morgan fingerprint density at radius 3 is 2.72 bits per heavy atom. The molecule has 0 N–H and O–H groups in total. The second kappa shape index (κ2) is 5.46. The summed E-state index contributed by atoms with van der Waals surface area (Å²) in [7, 11) is 5.42. The number of halogens is 1. The maximum atomic E-state index is 13.7. The molecule has 0 aliphatic carbocycles. The fourth-order valence-corrected chi connectivity index (χ4v) is 2.38. The topological polar surface area (TPSA) is 25.4 Å². The summed E-state index contributed by atoms with van der Waals surface area (Å²) in [6.45, 7) is 0.579. The Hall–Kier alpha value is -1.46. The van der Waals surface area contributed by atoms with Crippen molar-refractivity contribution in [3.63, 3.8) is 0 Å². The van der Waals surface area contributed by atoms with Crippen LogP contribution < -0.4 is 4.74 Å². The van der Waals surface area contributed by atoms with Crippen molar-refractivity contribution >= 4 is 11.5 Å². The van der Waals surface area contributed by atoms with Gasteiger partial charge in [0.05, 0.1) is 12.0 Å². The van der Waals surface area contributed by atoms with Crippen LogP contribution in [0.15, 0.2) is 24.3 Å². The van der Waals surface area contributed by atoms with Crippen LogP contribution in [0, 0.1) is 5.82 Å². The molecule has 0 amide bonds. The van der Waals surface area contributed by atoms with Gasteiger partial charge in [0.2, 0.25) is 5.88 Å². The fourth-order valence-electron chi connectivity index (χ4n) is 1.68. The van der Waals surface area contributed by atoms with Gasteiger partial charge in [0.1, 0.15) is 5.82 Å². The third-order valence-electron chi connectivity index (χ3n) is 2.51. The summed E-state index contributed by atoms with van der Waals surface area (Å²) in [6, 6.07) is 6.99. The second-order valence-corrected chi connectivity index (χ2v) is 5.08. The molecule has 0 radical (unpaired) electrons. The summed E-state index contributed by atoms with van der Waals surface area (Å²) < 4.78 is 22.8. The van der Waals surface area contributed by atoms with Crippen molar-refractivity contribution < 1.29 is 9.13 Å². The molecule has 1 heterocycles. The first kappa shape index (κ1) is 13.0. The van der Waals surface area contributed by atoms with E-state index in [9.17, 15) is 4.39 Å². The molecule has 96 valence electrons. The molecular formula is C13H15FN2OS. The van der Waals surface area contributed by atoms with E-state index in [2.05, 4.69) is 4.37 Å². The van der Waals surface area contributed by atoms with Gasteiger partial charge in [-0.2, -0.15) is 4.37 Å². The van der Waals surface area contributed by atoms with Crippen LogP contribution in [0.5, 0.6) is 5.88 Å². The number of hydrogen-bond donors (Lipinski definition) is 0. The smallest absolute Gasteiger partial charge is 0.225 e. The van der Waals surface area contributed by atoms with Gasteiger partial charge in [-0.25, -0.2) is 4.39 Å². The number of hydrogen-bond acceptors (Lipinski definition) is 4. The van der Waals surface area contributed by atoms with Gasteiger partial charge < -0.3 is 9.64 Å². The minimum Gasteiger partial charge on any atom is -0.480 e. The van der Waals surface area contributed by atoms with Gasteiger partial charge >= 0.3 is 0 Å². The quantitative estimate of drug-likeness (QED) is 0.850. The number of benzene rings is 1.